The van der Waals surface area contributed by atoms with Crippen molar-refractivity contribution in [3.63, 3.8) is 0 Å². The van der Waals surface area contributed by atoms with Crippen LogP contribution < -0.4 is 15.8 Å². The summed E-state index contributed by atoms with van der Waals surface area (Å²) in [5, 5.41) is 2.42. The van der Waals surface area contributed by atoms with Gasteiger partial charge in [0.15, 0.2) is 0 Å². The zero-order chi connectivity index (χ0) is 16.0. The van der Waals surface area contributed by atoms with Gasteiger partial charge in [0.05, 0.1) is 18.4 Å². The lowest BCUT2D eigenvalue weighted by Gasteiger charge is -2.15. The number of rotatable bonds is 6. The van der Waals surface area contributed by atoms with Gasteiger partial charge in [-0.3, -0.25) is 4.79 Å². The Balaban J connectivity index is 0.00000441. The molecule has 22 heavy (non-hydrogen) atoms. The first-order valence-electron chi connectivity index (χ1n) is 6.07. The molecular formula is C13H17ClF2N2O4. The van der Waals surface area contributed by atoms with Crippen molar-refractivity contribution in [2.75, 3.05) is 19.0 Å². The summed E-state index contributed by atoms with van der Waals surface area (Å²) in [6, 6.07) is 3.68. The Morgan fingerprint density at radius 3 is 2.50 bits per heavy atom. The van der Waals surface area contributed by atoms with Gasteiger partial charge >= 0.3 is 12.6 Å². The molecule has 0 radical (unpaired) electrons. The second kappa shape index (κ2) is 9.16. The molecule has 0 saturated heterocycles. The minimum atomic E-state index is -3.10. The third-order valence-corrected chi connectivity index (χ3v) is 2.68. The molecular weight excluding hydrogens is 322 g/mol. The van der Waals surface area contributed by atoms with Gasteiger partial charge in [0, 0.05) is 12.5 Å². The number of nitrogens with two attached hydrogens (primary N) is 1. The molecule has 1 rings (SSSR count). The Morgan fingerprint density at radius 2 is 2.00 bits per heavy atom. The average molecular weight is 339 g/mol. The van der Waals surface area contributed by atoms with Gasteiger partial charge in [-0.25, -0.2) is 4.79 Å². The van der Waals surface area contributed by atoms with E-state index >= 15 is 0 Å². The van der Waals surface area contributed by atoms with E-state index in [4.69, 9.17) is 5.73 Å². The SMILES string of the molecule is COC(=O)c1ccc(NC(=O)C(C)CN)c(OC(F)F)c1.Cl. The lowest BCUT2D eigenvalue weighted by Crippen LogP contribution is -2.27. The largest absolute Gasteiger partial charge is 0.465 e. The normalized spacial score (nSPS) is 11.4. The summed E-state index contributed by atoms with van der Waals surface area (Å²) in [5.74, 6) is -1.97. The second-order valence-corrected chi connectivity index (χ2v) is 4.21. The van der Waals surface area contributed by atoms with E-state index in [0.717, 1.165) is 13.2 Å². The summed E-state index contributed by atoms with van der Waals surface area (Å²) in [6.07, 6.45) is 0. The molecule has 1 amide bonds. The molecule has 1 aromatic carbocycles. The third kappa shape index (κ3) is 5.45. The minimum absolute atomic E-state index is 0. The van der Waals surface area contributed by atoms with Crippen molar-refractivity contribution in [3.05, 3.63) is 23.8 Å². The molecule has 0 spiro atoms. The van der Waals surface area contributed by atoms with Gasteiger partial charge in [0.25, 0.3) is 0 Å². The highest BCUT2D eigenvalue weighted by atomic mass is 35.5. The summed E-state index contributed by atoms with van der Waals surface area (Å²) >= 11 is 0. The number of alkyl halides is 2. The van der Waals surface area contributed by atoms with Crippen LogP contribution in [0.2, 0.25) is 0 Å². The average Bonchev–Trinajstić information content (AvgIpc) is 2.46. The number of nitrogens with one attached hydrogen (secondary N) is 1. The van der Waals surface area contributed by atoms with Crippen molar-refractivity contribution < 1.29 is 27.8 Å². The number of hydrogen-bond acceptors (Lipinski definition) is 5. The van der Waals surface area contributed by atoms with Crippen molar-refractivity contribution in [2.24, 2.45) is 11.7 Å². The molecule has 0 bridgehead atoms. The number of benzene rings is 1. The Bertz CT molecular complexity index is 529. The van der Waals surface area contributed by atoms with Crippen molar-refractivity contribution in [1.29, 1.82) is 0 Å². The van der Waals surface area contributed by atoms with Crippen LogP contribution in [-0.4, -0.2) is 32.1 Å². The number of anilines is 1. The van der Waals surface area contributed by atoms with Crippen LogP contribution in [-0.2, 0) is 9.53 Å². The molecule has 0 aliphatic rings. The highest BCUT2D eigenvalue weighted by molar-refractivity contribution is 5.96. The predicted molar refractivity (Wildman–Crippen MR) is 78.5 cm³/mol. The second-order valence-electron chi connectivity index (χ2n) is 4.21. The molecule has 0 fully saturated rings. The number of hydrogen-bond donors (Lipinski definition) is 2. The predicted octanol–water partition coefficient (Wildman–Crippen LogP) is 2.03. The molecule has 3 N–H and O–H groups in total. The lowest BCUT2D eigenvalue weighted by molar-refractivity contribution is -0.119. The van der Waals surface area contributed by atoms with E-state index in [1.807, 2.05) is 0 Å². The summed E-state index contributed by atoms with van der Waals surface area (Å²) in [7, 11) is 1.16. The zero-order valence-electron chi connectivity index (χ0n) is 12.0. The molecule has 0 aliphatic carbocycles. The fourth-order valence-corrected chi connectivity index (χ4v) is 1.43. The van der Waals surface area contributed by atoms with Crippen LogP contribution in [0.1, 0.15) is 17.3 Å². The van der Waals surface area contributed by atoms with Crippen molar-refractivity contribution >= 4 is 30.0 Å². The number of amides is 1. The van der Waals surface area contributed by atoms with E-state index in [-0.39, 0.29) is 36.0 Å². The number of carbonyl (C=O) groups is 2. The molecule has 0 saturated carbocycles. The molecule has 9 heteroatoms. The lowest BCUT2D eigenvalue weighted by atomic mass is 10.1. The van der Waals surface area contributed by atoms with Gasteiger partial charge in [0.1, 0.15) is 5.75 Å². The molecule has 1 atom stereocenters. The number of halogens is 3. The topological polar surface area (TPSA) is 90.7 Å². The van der Waals surface area contributed by atoms with Crippen LogP contribution in [0, 0.1) is 5.92 Å². The first-order valence-corrected chi connectivity index (χ1v) is 6.07. The fraction of sp³-hybridized carbons (Fsp3) is 0.385. The van der Waals surface area contributed by atoms with Gasteiger partial charge in [-0.05, 0) is 18.2 Å². The van der Waals surface area contributed by atoms with Crippen LogP contribution >= 0.6 is 12.4 Å². The number of carbonyl (C=O) groups excluding carboxylic acids is 2. The van der Waals surface area contributed by atoms with Gasteiger partial charge in [-0.1, -0.05) is 6.92 Å². The van der Waals surface area contributed by atoms with E-state index in [2.05, 4.69) is 14.8 Å². The van der Waals surface area contributed by atoms with E-state index in [0.29, 0.717) is 0 Å². The van der Waals surface area contributed by atoms with Crippen LogP contribution in [0.5, 0.6) is 5.75 Å². The molecule has 0 aromatic heterocycles. The summed E-state index contributed by atoms with van der Waals surface area (Å²) in [6.45, 7) is -1.40. The van der Waals surface area contributed by atoms with Crippen LogP contribution in [0.25, 0.3) is 0 Å². The standard InChI is InChI=1S/C13H16F2N2O4.ClH/c1-7(6-16)11(18)17-9-4-3-8(12(19)20-2)5-10(9)21-13(14)15;/h3-5,7,13H,6,16H2,1-2H3,(H,17,18);1H. The molecule has 6 nitrogen and oxygen atoms in total. The van der Waals surface area contributed by atoms with Gasteiger partial charge in [-0.15, -0.1) is 12.4 Å². The number of ether oxygens (including phenoxy) is 2. The molecule has 0 heterocycles. The Kier molecular flexibility index (Phi) is 8.36. The number of esters is 1. The van der Waals surface area contributed by atoms with Crippen LogP contribution in [0.3, 0.4) is 0 Å². The van der Waals surface area contributed by atoms with E-state index in [9.17, 15) is 18.4 Å². The van der Waals surface area contributed by atoms with Crippen molar-refractivity contribution in [3.8, 4) is 5.75 Å². The first kappa shape index (κ1) is 20.1. The smallest absolute Gasteiger partial charge is 0.387 e. The summed E-state index contributed by atoms with van der Waals surface area (Å²) in [4.78, 5) is 23.1. The fourth-order valence-electron chi connectivity index (χ4n) is 1.43. The van der Waals surface area contributed by atoms with E-state index in [1.54, 1.807) is 6.92 Å². The van der Waals surface area contributed by atoms with Crippen LogP contribution in [0.4, 0.5) is 14.5 Å². The maximum absolute atomic E-state index is 12.4. The van der Waals surface area contributed by atoms with Gasteiger partial charge < -0.3 is 20.5 Å². The minimum Gasteiger partial charge on any atom is -0.465 e. The van der Waals surface area contributed by atoms with Crippen molar-refractivity contribution in [1.82, 2.24) is 0 Å². The molecule has 1 unspecified atom stereocenters. The monoisotopic (exact) mass is 338 g/mol. The maximum atomic E-state index is 12.4. The van der Waals surface area contributed by atoms with Crippen LogP contribution in [0.15, 0.2) is 18.2 Å². The third-order valence-electron chi connectivity index (χ3n) is 2.68. The summed E-state index contributed by atoms with van der Waals surface area (Å²) < 4.78 is 33.6. The Hall–Kier alpha value is -1.93. The molecule has 124 valence electrons. The first-order chi connectivity index (χ1) is 9.88. The Morgan fingerprint density at radius 1 is 1.36 bits per heavy atom. The van der Waals surface area contributed by atoms with E-state index in [1.165, 1.54) is 12.1 Å². The molecule has 0 aliphatic heterocycles. The number of methoxy groups -OCH3 is 1. The van der Waals surface area contributed by atoms with Crippen molar-refractivity contribution in [2.45, 2.75) is 13.5 Å². The van der Waals surface area contributed by atoms with Gasteiger partial charge in [-0.2, -0.15) is 8.78 Å². The Labute approximate surface area is 132 Å². The highest BCUT2D eigenvalue weighted by Gasteiger charge is 2.18. The quantitative estimate of drug-likeness (QED) is 0.774. The summed E-state index contributed by atoms with van der Waals surface area (Å²) in [5.41, 5.74) is 5.40. The molecule has 1 aromatic rings. The highest BCUT2D eigenvalue weighted by Crippen LogP contribution is 2.28. The van der Waals surface area contributed by atoms with E-state index < -0.39 is 24.4 Å². The van der Waals surface area contributed by atoms with Gasteiger partial charge in [0.2, 0.25) is 5.91 Å². The maximum Gasteiger partial charge on any atom is 0.387 e. The zero-order valence-corrected chi connectivity index (χ0v) is 12.8.